The number of aromatic amines is 1. The highest BCUT2D eigenvalue weighted by atomic mass is 32.1. The van der Waals surface area contributed by atoms with E-state index in [-0.39, 0.29) is 0 Å². The van der Waals surface area contributed by atoms with Crippen LogP contribution in [0.25, 0.3) is 11.3 Å². The second-order valence-corrected chi connectivity index (χ2v) is 4.35. The van der Waals surface area contributed by atoms with E-state index >= 15 is 0 Å². The van der Waals surface area contributed by atoms with Crippen molar-refractivity contribution in [2.75, 3.05) is 0 Å². The summed E-state index contributed by atoms with van der Waals surface area (Å²) in [6.07, 6.45) is 0. The Morgan fingerprint density at radius 3 is 2.50 bits per heavy atom. The number of hydrogen-bond donors (Lipinski definition) is 1. The molecule has 1 N–H and O–H groups in total. The molecule has 0 aliphatic rings. The molecule has 0 fully saturated rings. The number of nitrogens with one attached hydrogen (secondary N) is 1. The summed E-state index contributed by atoms with van der Waals surface area (Å²) in [5.74, 6) is 0. The third-order valence-electron chi connectivity index (χ3n) is 2.74. The van der Waals surface area contributed by atoms with Crippen LogP contribution in [0.5, 0.6) is 0 Å². The maximum Gasteiger partial charge on any atom is 0.130 e. The summed E-state index contributed by atoms with van der Waals surface area (Å²) in [4.78, 5) is 7.75. The maximum atomic E-state index is 5.32. The monoisotopic (exact) mass is 230 g/mol. The van der Waals surface area contributed by atoms with Gasteiger partial charge in [-0.3, -0.25) is 0 Å². The lowest BCUT2D eigenvalue weighted by atomic mass is 10.1. The lowest BCUT2D eigenvalue weighted by Crippen LogP contribution is -1.97. The SMILES string of the molecule is Cc1ccccc1-c1nc(C)c(C)[nH]c1=S. The number of aromatic nitrogens is 2. The minimum Gasteiger partial charge on any atom is -0.347 e. The van der Waals surface area contributed by atoms with E-state index in [0.717, 1.165) is 22.6 Å². The Balaban J connectivity index is 2.70. The lowest BCUT2D eigenvalue weighted by Gasteiger charge is -2.07. The highest BCUT2D eigenvalue weighted by Crippen LogP contribution is 2.22. The summed E-state index contributed by atoms with van der Waals surface area (Å²) < 4.78 is 0.706. The third kappa shape index (κ3) is 1.91. The summed E-state index contributed by atoms with van der Waals surface area (Å²) in [7, 11) is 0. The van der Waals surface area contributed by atoms with Gasteiger partial charge in [-0.05, 0) is 26.3 Å². The lowest BCUT2D eigenvalue weighted by molar-refractivity contribution is 1.04. The van der Waals surface area contributed by atoms with Crippen molar-refractivity contribution in [1.82, 2.24) is 9.97 Å². The van der Waals surface area contributed by atoms with E-state index < -0.39 is 0 Å². The number of hydrogen-bond acceptors (Lipinski definition) is 2. The van der Waals surface area contributed by atoms with E-state index in [0.29, 0.717) is 4.64 Å². The Bertz CT molecular complexity index is 585. The Kier molecular flexibility index (Phi) is 2.88. The maximum absolute atomic E-state index is 5.32. The molecule has 0 bridgehead atoms. The molecule has 2 aromatic rings. The van der Waals surface area contributed by atoms with Crippen LogP contribution in [0.2, 0.25) is 0 Å². The third-order valence-corrected chi connectivity index (χ3v) is 3.03. The Labute approximate surface area is 100 Å². The van der Waals surface area contributed by atoms with Crippen LogP contribution in [0.4, 0.5) is 0 Å². The summed E-state index contributed by atoms with van der Waals surface area (Å²) >= 11 is 5.32. The fraction of sp³-hybridized carbons (Fsp3) is 0.231. The highest BCUT2D eigenvalue weighted by molar-refractivity contribution is 7.71. The Morgan fingerprint density at radius 2 is 1.81 bits per heavy atom. The van der Waals surface area contributed by atoms with Crippen molar-refractivity contribution in [3.8, 4) is 11.3 Å². The molecule has 0 spiro atoms. The van der Waals surface area contributed by atoms with Gasteiger partial charge < -0.3 is 4.98 Å². The smallest absolute Gasteiger partial charge is 0.130 e. The first kappa shape index (κ1) is 11.0. The molecule has 0 atom stereocenters. The van der Waals surface area contributed by atoms with Crippen LogP contribution in [0.15, 0.2) is 24.3 Å². The van der Waals surface area contributed by atoms with Crippen LogP contribution < -0.4 is 0 Å². The van der Waals surface area contributed by atoms with Gasteiger partial charge in [0.05, 0.1) is 5.69 Å². The van der Waals surface area contributed by atoms with Gasteiger partial charge >= 0.3 is 0 Å². The topological polar surface area (TPSA) is 28.7 Å². The second kappa shape index (κ2) is 4.18. The van der Waals surface area contributed by atoms with Crippen molar-refractivity contribution < 1.29 is 0 Å². The summed E-state index contributed by atoms with van der Waals surface area (Å²) in [6.45, 7) is 6.04. The van der Waals surface area contributed by atoms with E-state index in [9.17, 15) is 0 Å². The molecule has 0 radical (unpaired) electrons. The Hall–Kier alpha value is -1.48. The Morgan fingerprint density at radius 1 is 1.12 bits per heavy atom. The fourth-order valence-corrected chi connectivity index (χ4v) is 1.95. The molecule has 0 amide bonds. The van der Waals surface area contributed by atoms with Gasteiger partial charge in [0.15, 0.2) is 0 Å². The first-order valence-corrected chi connectivity index (χ1v) is 5.64. The molecule has 0 saturated carbocycles. The van der Waals surface area contributed by atoms with Crippen molar-refractivity contribution in [1.29, 1.82) is 0 Å². The zero-order valence-corrected chi connectivity index (χ0v) is 10.5. The zero-order chi connectivity index (χ0) is 11.7. The number of aryl methyl sites for hydroxylation is 3. The second-order valence-electron chi connectivity index (χ2n) is 3.94. The van der Waals surface area contributed by atoms with Gasteiger partial charge in [-0.2, -0.15) is 0 Å². The van der Waals surface area contributed by atoms with Crippen LogP contribution >= 0.6 is 12.2 Å². The van der Waals surface area contributed by atoms with Gasteiger partial charge in [-0.15, -0.1) is 0 Å². The molecule has 0 aliphatic carbocycles. The molecule has 1 heterocycles. The van der Waals surface area contributed by atoms with Crippen LogP contribution in [0.1, 0.15) is 17.0 Å². The molecule has 0 unspecified atom stereocenters. The van der Waals surface area contributed by atoms with E-state index in [4.69, 9.17) is 12.2 Å². The number of benzene rings is 1. The molecule has 3 heteroatoms. The quantitative estimate of drug-likeness (QED) is 0.756. The summed E-state index contributed by atoms with van der Waals surface area (Å²) in [5, 5.41) is 0. The minimum atomic E-state index is 0.706. The van der Waals surface area contributed by atoms with Gasteiger partial charge in [0.2, 0.25) is 0 Å². The fourth-order valence-electron chi connectivity index (χ4n) is 1.64. The molecule has 82 valence electrons. The zero-order valence-electron chi connectivity index (χ0n) is 9.66. The van der Waals surface area contributed by atoms with Crippen molar-refractivity contribution >= 4 is 12.2 Å². The van der Waals surface area contributed by atoms with E-state index in [2.05, 4.69) is 29.0 Å². The largest absolute Gasteiger partial charge is 0.347 e. The molecule has 2 rings (SSSR count). The van der Waals surface area contributed by atoms with Gasteiger partial charge in [-0.1, -0.05) is 36.5 Å². The van der Waals surface area contributed by atoms with Gasteiger partial charge in [-0.25, -0.2) is 4.98 Å². The average Bonchev–Trinajstić information content (AvgIpc) is 2.25. The summed E-state index contributed by atoms with van der Waals surface area (Å²) in [5.41, 5.74) is 5.19. The predicted molar refractivity (Wildman–Crippen MR) is 69.1 cm³/mol. The molecule has 1 aromatic carbocycles. The molecule has 0 saturated heterocycles. The van der Waals surface area contributed by atoms with Gasteiger partial charge in [0.25, 0.3) is 0 Å². The number of rotatable bonds is 1. The normalized spacial score (nSPS) is 10.4. The molecular formula is C13H14N2S. The van der Waals surface area contributed by atoms with Crippen molar-refractivity contribution in [3.63, 3.8) is 0 Å². The average molecular weight is 230 g/mol. The number of nitrogens with zero attached hydrogens (tertiary/aromatic N) is 1. The van der Waals surface area contributed by atoms with Crippen molar-refractivity contribution in [2.24, 2.45) is 0 Å². The van der Waals surface area contributed by atoms with Crippen LogP contribution in [0, 0.1) is 25.4 Å². The first-order chi connectivity index (χ1) is 7.59. The van der Waals surface area contributed by atoms with Gasteiger partial charge in [0.1, 0.15) is 10.3 Å². The summed E-state index contributed by atoms with van der Waals surface area (Å²) in [6, 6.07) is 8.15. The van der Waals surface area contributed by atoms with E-state index in [1.165, 1.54) is 5.56 Å². The number of H-pyrrole nitrogens is 1. The van der Waals surface area contributed by atoms with E-state index in [1.807, 2.05) is 26.0 Å². The first-order valence-electron chi connectivity index (χ1n) is 5.23. The van der Waals surface area contributed by atoms with Crippen LogP contribution in [-0.2, 0) is 0 Å². The molecular weight excluding hydrogens is 216 g/mol. The molecule has 2 nitrogen and oxygen atoms in total. The van der Waals surface area contributed by atoms with Gasteiger partial charge in [0, 0.05) is 11.3 Å². The minimum absolute atomic E-state index is 0.706. The molecule has 0 aliphatic heterocycles. The highest BCUT2D eigenvalue weighted by Gasteiger charge is 2.06. The van der Waals surface area contributed by atoms with E-state index in [1.54, 1.807) is 0 Å². The van der Waals surface area contributed by atoms with Crippen LogP contribution in [0.3, 0.4) is 0 Å². The van der Waals surface area contributed by atoms with Crippen molar-refractivity contribution in [3.05, 3.63) is 45.9 Å². The standard InChI is InChI=1S/C13H14N2S/c1-8-6-4-5-7-11(8)12-13(16)15-10(3)9(2)14-12/h4-7H,1-3H3,(H,15,16). The molecule has 1 aromatic heterocycles. The van der Waals surface area contributed by atoms with Crippen molar-refractivity contribution in [2.45, 2.75) is 20.8 Å². The molecule has 16 heavy (non-hydrogen) atoms. The predicted octanol–water partition coefficient (Wildman–Crippen LogP) is 3.73. The van der Waals surface area contributed by atoms with Crippen LogP contribution in [-0.4, -0.2) is 9.97 Å².